The van der Waals surface area contributed by atoms with E-state index >= 15 is 0 Å². The maximum absolute atomic E-state index is 6.06. The van der Waals surface area contributed by atoms with Crippen LogP contribution in [0.15, 0.2) is 10.7 Å². The van der Waals surface area contributed by atoms with E-state index in [1.165, 1.54) is 32.1 Å². The van der Waals surface area contributed by atoms with Crippen molar-refractivity contribution in [1.82, 2.24) is 9.78 Å². The Morgan fingerprint density at radius 2 is 2.00 bits per heavy atom. The maximum atomic E-state index is 6.06. The molecule has 1 aromatic heterocycles. The molecular weight excluding hydrogens is 290 g/mol. The summed E-state index contributed by atoms with van der Waals surface area (Å²) in [6, 6.07) is 0.476. The van der Waals surface area contributed by atoms with E-state index in [9.17, 15) is 0 Å². The molecule has 4 heteroatoms. The van der Waals surface area contributed by atoms with Gasteiger partial charge in [0.25, 0.3) is 0 Å². The molecule has 2 N–H and O–H groups in total. The van der Waals surface area contributed by atoms with E-state index in [0.717, 1.165) is 16.2 Å². The molecule has 1 saturated carbocycles. The summed E-state index contributed by atoms with van der Waals surface area (Å²) in [6.07, 6.45) is 8.10. The third kappa shape index (κ3) is 2.90. The first-order valence-corrected chi connectivity index (χ1v) is 7.67. The number of rotatable bonds is 1. The van der Waals surface area contributed by atoms with Crippen molar-refractivity contribution < 1.29 is 0 Å². The van der Waals surface area contributed by atoms with Crippen LogP contribution < -0.4 is 5.73 Å². The van der Waals surface area contributed by atoms with Crippen LogP contribution in [-0.2, 0) is 0 Å². The van der Waals surface area contributed by atoms with Crippen LogP contribution in [0.2, 0.25) is 0 Å². The van der Waals surface area contributed by atoms with Gasteiger partial charge in [0.2, 0.25) is 0 Å². The van der Waals surface area contributed by atoms with E-state index in [1.54, 1.807) is 0 Å². The number of halogens is 1. The monoisotopic (exact) mass is 313 g/mol. The number of nitrogen functional groups attached to an aromatic ring is 1. The van der Waals surface area contributed by atoms with E-state index in [0.29, 0.717) is 11.5 Å². The number of aromatic nitrogens is 2. The Labute approximate surface area is 118 Å². The zero-order chi connectivity index (χ0) is 13.3. The van der Waals surface area contributed by atoms with Crippen LogP contribution >= 0.6 is 15.9 Å². The van der Waals surface area contributed by atoms with Gasteiger partial charge in [-0.3, -0.25) is 0 Å². The minimum Gasteiger partial charge on any atom is -0.383 e. The topological polar surface area (TPSA) is 43.8 Å². The number of nitrogens with two attached hydrogens (primary N) is 1. The Kier molecular flexibility index (Phi) is 4.05. The van der Waals surface area contributed by atoms with Gasteiger partial charge in [0.15, 0.2) is 0 Å². The molecule has 1 heterocycles. The first-order chi connectivity index (χ1) is 8.39. The van der Waals surface area contributed by atoms with Crippen LogP contribution in [0.1, 0.15) is 58.9 Å². The molecule has 3 nitrogen and oxygen atoms in total. The smallest absolute Gasteiger partial charge is 0.136 e. The predicted molar refractivity (Wildman–Crippen MR) is 79.4 cm³/mol. The Bertz CT molecular complexity index is 406. The van der Waals surface area contributed by atoms with Gasteiger partial charge in [-0.05, 0) is 52.9 Å². The highest BCUT2D eigenvalue weighted by Gasteiger charge is 2.29. The van der Waals surface area contributed by atoms with Gasteiger partial charge in [-0.2, -0.15) is 5.10 Å². The van der Waals surface area contributed by atoms with Crippen LogP contribution in [0.5, 0.6) is 0 Å². The van der Waals surface area contributed by atoms with Crippen LogP contribution in [0.25, 0.3) is 0 Å². The molecule has 1 fully saturated rings. The Morgan fingerprint density at radius 1 is 1.28 bits per heavy atom. The van der Waals surface area contributed by atoms with E-state index in [4.69, 9.17) is 5.73 Å². The van der Waals surface area contributed by atoms with E-state index < -0.39 is 0 Å². The maximum Gasteiger partial charge on any atom is 0.136 e. The molecule has 0 radical (unpaired) electrons. The molecule has 0 spiro atoms. The Morgan fingerprint density at radius 3 is 2.56 bits per heavy atom. The summed E-state index contributed by atoms with van der Waals surface area (Å²) >= 11 is 3.44. The second kappa shape index (κ2) is 5.24. The molecule has 1 aliphatic carbocycles. The molecule has 1 aliphatic rings. The van der Waals surface area contributed by atoms with Gasteiger partial charge in [-0.25, -0.2) is 4.68 Å². The molecular formula is C14H24BrN3. The van der Waals surface area contributed by atoms with Gasteiger partial charge < -0.3 is 5.73 Å². The highest BCUT2D eigenvalue weighted by Crippen LogP contribution is 2.40. The minimum absolute atomic E-state index is 0.422. The zero-order valence-corrected chi connectivity index (χ0v) is 13.2. The third-order valence-corrected chi connectivity index (χ3v) is 4.91. The summed E-state index contributed by atoms with van der Waals surface area (Å²) in [6.45, 7) is 7.07. The molecule has 2 atom stereocenters. The van der Waals surface area contributed by atoms with Crippen LogP contribution in [-0.4, -0.2) is 9.78 Å². The summed E-state index contributed by atoms with van der Waals surface area (Å²) in [7, 11) is 0. The molecule has 0 aromatic carbocycles. The lowest BCUT2D eigenvalue weighted by atomic mass is 9.76. The van der Waals surface area contributed by atoms with Crippen molar-refractivity contribution in [2.24, 2.45) is 11.3 Å². The standard InChI is InChI=1S/C14H24BrN3/c1-14(2,3)10-5-4-6-11(8-7-10)18-13(16)12(15)9-17-18/h9-11H,4-8,16H2,1-3H3. The fourth-order valence-corrected chi connectivity index (χ4v) is 3.31. The van der Waals surface area contributed by atoms with Crippen molar-refractivity contribution in [3.8, 4) is 0 Å². The first kappa shape index (κ1) is 13.9. The van der Waals surface area contributed by atoms with Gasteiger partial charge in [0, 0.05) is 0 Å². The third-order valence-electron chi connectivity index (χ3n) is 4.30. The number of nitrogens with zero attached hydrogens (tertiary/aromatic N) is 2. The highest BCUT2D eigenvalue weighted by atomic mass is 79.9. The fourth-order valence-electron chi connectivity index (χ4n) is 3.03. The van der Waals surface area contributed by atoms with Crippen LogP contribution in [0.3, 0.4) is 0 Å². The molecule has 1 aromatic rings. The Balaban J connectivity index is 2.08. The molecule has 2 unspecified atom stereocenters. The summed E-state index contributed by atoms with van der Waals surface area (Å²) < 4.78 is 2.92. The SMILES string of the molecule is CC(C)(C)C1CCCC(n2ncc(Br)c2N)CC1. The van der Waals surface area contributed by atoms with Gasteiger partial charge >= 0.3 is 0 Å². The Hall–Kier alpha value is -0.510. The van der Waals surface area contributed by atoms with Crippen molar-refractivity contribution in [2.45, 2.75) is 58.9 Å². The minimum atomic E-state index is 0.422. The second-order valence-electron chi connectivity index (χ2n) is 6.55. The molecule has 0 amide bonds. The predicted octanol–water partition coefficient (Wildman–Crippen LogP) is 4.40. The molecule has 102 valence electrons. The number of anilines is 1. The van der Waals surface area contributed by atoms with Gasteiger partial charge in [0.1, 0.15) is 5.82 Å². The van der Waals surface area contributed by atoms with Gasteiger partial charge in [0.05, 0.1) is 16.7 Å². The summed E-state index contributed by atoms with van der Waals surface area (Å²) in [5.74, 6) is 1.59. The normalized spacial score (nSPS) is 26.0. The average molecular weight is 314 g/mol. The average Bonchev–Trinajstić information content (AvgIpc) is 2.55. The highest BCUT2D eigenvalue weighted by molar-refractivity contribution is 9.10. The van der Waals surface area contributed by atoms with Crippen LogP contribution in [0.4, 0.5) is 5.82 Å². The lowest BCUT2D eigenvalue weighted by molar-refractivity contribution is 0.212. The number of hydrogen-bond donors (Lipinski definition) is 1. The summed E-state index contributed by atoms with van der Waals surface area (Å²) in [5.41, 5.74) is 6.48. The molecule has 0 aliphatic heterocycles. The van der Waals surface area contributed by atoms with Crippen molar-refractivity contribution in [3.63, 3.8) is 0 Å². The summed E-state index contributed by atoms with van der Waals surface area (Å²) in [5, 5.41) is 4.41. The molecule has 18 heavy (non-hydrogen) atoms. The first-order valence-electron chi connectivity index (χ1n) is 6.88. The van der Waals surface area contributed by atoms with Crippen LogP contribution in [0, 0.1) is 11.3 Å². The van der Waals surface area contributed by atoms with Crippen molar-refractivity contribution in [1.29, 1.82) is 0 Å². The molecule has 0 bridgehead atoms. The van der Waals surface area contributed by atoms with Gasteiger partial charge in [-0.1, -0.05) is 27.2 Å². The number of hydrogen-bond acceptors (Lipinski definition) is 2. The van der Waals surface area contributed by atoms with E-state index in [-0.39, 0.29) is 0 Å². The second-order valence-corrected chi connectivity index (χ2v) is 7.40. The largest absolute Gasteiger partial charge is 0.383 e. The van der Waals surface area contributed by atoms with Crippen molar-refractivity contribution >= 4 is 21.7 Å². The van der Waals surface area contributed by atoms with Gasteiger partial charge in [-0.15, -0.1) is 0 Å². The van der Waals surface area contributed by atoms with E-state index in [2.05, 4.69) is 41.8 Å². The molecule has 2 rings (SSSR count). The van der Waals surface area contributed by atoms with E-state index in [1.807, 2.05) is 10.9 Å². The van der Waals surface area contributed by atoms with Crippen molar-refractivity contribution in [3.05, 3.63) is 10.7 Å². The fraction of sp³-hybridized carbons (Fsp3) is 0.786. The summed E-state index contributed by atoms with van der Waals surface area (Å²) in [4.78, 5) is 0. The lowest BCUT2D eigenvalue weighted by Crippen LogP contribution is -2.20. The quantitative estimate of drug-likeness (QED) is 0.781. The van der Waals surface area contributed by atoms with Crippen molar-refractivity contribution in [2.75, 3.05) is 5.73 Å². The zero-order valence-electron chi connectivity index (χ0n) is 11.6. The lowest BCUT2D eigenvalue weighted by Gasteiger charge is -2.29. The molecule has 0 saturated heterocycles.